The van der Waals surface area contributed by atoms with E-state index in [0.29, 0.717) is 4.90 Å². The van der Waals surface area contributed by atoms with Crippen molar-refractivity contribution in [2.24, 2.45) is 0 Å². The van der Waals surface area contributed by atoms with Crippen molar-refractivity contribution in [2.75, 3.05) is 0 Å². The second kappa shape index (κ2) is 3.65. The molecule has 0 saturated heterocycles. The van der Waals surface area contributed by atoms with E-state index in [-0.39, 0.29) is 0 Å². The Bertz CT molecular complexity index is 220. The second-order valence-corrected chi connectivity index (χ2v) is 4.78. The minimum absolute atomic E-state index is 0.708. The molecule has 0 heterocycles. The summed E-state index contributed by atoms with van der Waals surface area (Å²) in [5, 5.41) is 0. The summed E-state index contributed by atoms with van der Waals surface area (Å²) in [4.78, 5) is 0.708. The van der Waals surface area contributed by atoms with Crippen LogP contribution in [-0.2, 0) is 0 Å². The highest BCUT2D eigenvalue weighted by Gasteiger charge is 2.23. The van der Waals surface area contributed by atoms with Crippen LogP contribution in [0.3, 0.4) is 0 Å². The van der Waals surface area contributed by atoms with Gasteiger partial charge in [-0.15, -0.1) is 0 Å². The largest absolute Gasteiger partial charge is 0.309 e. The lowest BCUT2D eigenvalue weighted by Crippen LogP contribution is -1.94. The topological polar surface area (TPSA) is 0 Å². The average Bonchev–Trinajstić information content (AvgIpc) is 1.85. The number of thioether (sulfide) groups is 1. The zero-order chi connectivity index (χ0) is 8.32. The Morgan fingerprint density at radius 2 is 1.73 bits per heavy atom. The van der Waals surface area contributed by atoms with Gasteiger partial charge in [0, 0.05) is 4.90 Å². The summed E-state index contributed by atoms with van der Waals surface area (Å²) >= 11 is 11.0. The maximum absolute atomic E-state index is 12.6. The summed E-state index contributed by atoms with van der Waals surface area (Å²) in [5.74, 6) is 0. The standard InChI is InChI=1S/C7H5Cl2FS/c8-7(9,10)11-6-4-2-1-3-5-6/h1-5H. The second-order valence-electron chi connectivity index (χ2n) is 1.86. The number of halogens is 3. The SMILES string of the molecule is FC(Cl)(Cl)Sc1ccccc1. The molecule has 0 amide bonds. The van der Waals surface area contributed by atoms with Crippen LogP contribution >= 0.6 is 35.0 Å². The molecule has 0 aliphatic carbocycles. The third-order valence-electron chi connectivity index (χ3n) is 0.977. The molecule has 1 aromatic carbocycles. The van der Waals surface area contributed by atoms with E-state index in [1.807, 2.05) is 6.07 Å². The van der Waals surface area contributed by atoms with E-state index in [4.69, 9.17) is 23.2 Å². The zero-order valence-corrected chi connectivity index (χ0v) is 7.76. The van der Waals surface area contributed by atoms with E-state index in [2.05, 4.69) is 0 Å². The van der Waals surface area contributed by atoms with Gasteiger partial charge in [0.1, 0.15) is 0 Å². The molecular weight excluding hydrogens is 206 g/mol. The summed E-state index contributed by atoms with van der Waals surface area (Å²) in [6, 6.07) is 8.91. The Balaban J connectivity index is 2.66. The molecule has 0 aliphatic heterocycles. The number of benzene rings is 1. The third-order valence-corrected chi connectivity index (χ3v) is 2.18. The first-order valence-corrected chi connectivity index (χ1v) is 4.46. The predicted molar refractivity (Wildman–Crippen MR) is 47.8 cm³/mol. The maximum atomic E-state index is 12.6. The van der Waals surface area contributed by atoms with Gasteiger partial charge in [0.2, 0.25) is 0 Å². The minimum Gasteiger partial charge on any atom is -0.195 e. The first-order valence-electron chi connectivity index (χ1n) is 2.89. The lowest BCUT2D eigenvalue weighted by Gasteiger charge is -2.06. The van der Waals surface area contributed by atoms with Crippen LogP contribution in [0.2, 0.25) is 0 Å². The molecule has 0 radical (unpaired) electrons. The normalized spacial score (nSPS) is 11.5. The van der Waals surface area contributed by atoms with Crippen LogP contribution < -0.4 is 0 Å². The number of hydrogen-bond acceptors (Lipinski definition) is 1. The van der Waals surface area contributed by atoms with Gasteiger partial charge in [-0.2, -0.15) is 4.39 Å². The van der Waals surface area contributed by atoms with E-state index in [1.165, 1.54) is 0 Å². The van der Waals surface area contributed by atoms with E-state index in [0.717, 1.165) is 11.8 Å². The fourth-order valence-electron chi connectivity index (χ4n) is 0.622. The predicted octanol–water partition coefficient (Wildman–Crippen LogP) is 3.84. The summed E-state index contributed by atoms with van der Waals surface area (Å²) in [7, 11) is 0. The molecule has 0 atom stereocenters. The van der Waals surface area contributed by atoms with E-state index in [1.54, 1.807) is 24.3 Å². The van der Waals surface area contributed by atoms with Gasteiger partial charge in [-0.25, -0.2) is 0 Å². The molecule has 1 aromatic rings. The van der Waals surface area contributed by atoms with Gasteiger partial charge >= 0.3 is 3.92 Å². The average molecular weight is 211 g/mol. The van der Waals surface area contributed by atoms with Gasteiger partial charge in [-0.1, -0.05) is 53.2 Å². The molecule has 4 heteroatoms. The smallest absolute Gasteiger partial charge is 0.195 e. The Morgan fingerprint density at radius 3 is 2.18 bits per heavy atom. The Morgan fingerprint density at radius 1 is 1.18 bits per heavy atom. The molecule has 0 aliphatic rings. The van der Waals surface area contributed by atoms with Crippen LogP contribution in [0.5, 0.6) is 0 Å². The molecule has 0 unspecified atom stereocenters. The Hall–Kier alpha value is 0.0800. The summed E-state index contributed by atoms with van der Waals surface area (Å²) in [6.07, 6.45) is 0. The van der Waals surface area contributed by atoms with Crippen molar-refractivity contribution in [1.82, 2.24) is 0 Å². The van der Waals surface area contributed by atoms with Crippen molar-refractivity contribution < 1.29 is 4.39 Å². The molecule has 0 N–H and O–H groups in total. The molecule has 0 saturated carbocycles. The van der Waals surface area contributed by atoms with Gasteiger partial charge in [0.25, 0.3) is 0 Å². The first-order chi connectivity index (χ1) is 5.08. The lowest BCUT2D eigenvalue weighted by molar-refractivity contribution is 0.516. The fourth-order valence-corrected chi connectivity index (χ4v) is 1.72. The highest BCUT2D eigenvalue weighted by atomic mass is 35.5. The van der Waals surface area contributed by atoms with Gasteiger partial charge in [-0.3, -0.25) is 0 Å². The zero-order valence-electron chi connectivity index (χ0n) is 5.43. The van der Waals surface area contributed by atoms with Gasteiger partial charge in [0.15, 0.2) is 0 Å². The maximum Gasteiger partial charge on any atom is 0.309 e. The minimum atomic E-state index is -2.23. The van der Waals surface area contributed by atoms with Crippen molar-refractivity contribution in [1.29, 1.82) is 0 Å². The van der Waals surface area contributed by atoms with Crippen molar-refractivity contribution >= 4 is 35.0 Å². The van der Waals surface area contributed by atoms with Crippen LogP contribution in [0, 0.1) is 0 Å². The van der Waals surface area contributed by atoms with Gasteiger partial charge < -0.3 is 0 Å². The van der Waals surface area contributed by atoms with E-state index < -0.39 is 3.92 Å². The summed E-state index contributed by atoms with van der Waals surface area (Å²) < 4.78 is 10.3. The molecule has 11 heavy (non-hydrogen) atoms. The molecular formula is C7H5Cl2FS. The van der Waals surface area contributed by atoms with Crippen LogP contribution in [0.4, 0.5) is 4.39 Å². The van der Waals surface area contributed by atoms with Crippen LogP contribution in [0.15, 0.2) is 35.2 Å². The van der Waals surface area contributed by atoms with Crippen molar-refractivity contribution in [3.05, 3.63) is 30.3 Å². The molecule has 0 fully saturated rings. The highest BCUT2D eigenvalue weighted by Crippen LogP contribution is 2.40. The summed E-state index contributed by atoms with van der Waals surface area (Å²) in [6.45, 7) is 0. The van der Waals surface area contributed by atoms with Gasteiger partial charge in [-0.05, 0) is 12.1 Å². The number of rotatable bonds is 2. The Labute approximate surface area is 78.7 Å². The summed E-state index contributed by atoms with van der Waals surface area (Å²) in [5.41, 5.74) is 0. The molecule has 1 rings (SSSR count). The van der Waals surface area contributed by atoms with Gasteiger partial charge in [0.05, 0.1) is 0 Å². The van der Waals surface area contributed by atoms with Crippen molar-refractivity contribution in [2.45, 2.75) is 8.81 Å². The van der Waals surface area contributed by atoms with Crippen molar-refractivity contribution in [3.8, 4) is 0 Å². The Kier molecular flexibility index (Phi) is 3.05. The quantitative estimate of drug-likeness (QED) is 0.529. The van der Waals surface area contributed by atoms with Crippen molar-refractivity contribution in [3.63, 3.8) is 0 Å². The molecule has 0 spiro atoms. The molecule has 0 nitrogen and oxygen atoms in total. The fraction of sp³-hybridized carbons (Fsp3) is 0.143. The van der Waals surface area contributed by atoms with Crippen LogP contribution in [0.1, 0.15) is 0 Å². The first kappa shape index (κ1) is 9.17. The van der Waals surface area contributed by atoms with Crippen LogP contribution in [-0.4, -0.2) is 3.92 Å². The number of hydrogen-bond donors (Lipinski definition) is 0. The molecule has 60 valence electrons. The highest BCUT2D eigenvalue weighted by molar-refractivity contribution is 8.03. The number of alkyl halides is 3. The van der Waals surface area contributed by atoms with E-state index >= 15 is 0 Å². The van der Waals surface area contributed by atoms with Crippen LogP contribution in [0.25, 0.3) is 0 Å². The third kappa shape index (κ3) is 3.85. The monoisotopic (exact) mass is 210 g/mol. The lowest BCUT2D eigenvalue weighted by atomic mass is 10.4. The molecule has 0 aromatic heterocycles. The van der Waals surface area contributed by atoms with E-state index in [9.17, 15) is 4.39 Å². The molecule has 0 bridgehead atoms.